The first kappa shape index (κ1) is 26.4. The van der Waals surface area contributed by atoms with Gasteiger partial charge >= 0.3 is 0 Å². The average Bonchev–Trinajstić information content (AvgIpc) is 2.69. The van der Waals surface area contributed by atoms with Crippen molar-refractivity contribution in [2.45, 2.75) is 104 Å². The standard InChI is InChI=1S/C24H44N2O2/c1-3-5-7-9-11-13-17-21-25-23(27)19-15-16-20-24(28)26-22-18-14-12-10-8-6-4-2/h13-14,17-18H,3-12,15-16,19-22H2,1-2H3,(H,25,27)(H,26,28)/b17-13+,18-14+. The second kappa shape index (κ2) is 21.7. The summed E-state index contributed by atoms with van der Waals surface area (Å²) in [5.74, 6) is 0.143. The van der Waals surface area contributed by atoms with Crippen LogP contribution in [0.25, 0.3) is 0 Å². The Morgan fingerprint density at radius 2 is 1.00 bits per heavy atom. The van der Waals surface area contributed by atoms with Gasteiger partial charge in [-0.3, -0.25) is 9.59 Å². The highest BCUT2D eigenvalue weighted by Crippen LogP contribution is 2.04. The van der Waals surface area contributed by atoms with Gasteiger partial charge in [0.2, 0.25) is 11.8 Å². The number of hydrogen-bond donors (Lipinski definition) is 2. The molecule has 162 valence electrons. The Morgan fingerprint density at radius 3 is 1.39 bits per heavy atom. The lowest BCUT2D eigenvalue weighted by atomic mass is 10.1. The first-order chi connectivity index (χ1) is 13.7. The summed E-state index contributed by atoms with van der Waals surface area (Å²) in [5.41, 5.74) is 0. The molecule has 0 aromatic rings. The normalized spacial score (nSPS) is 11.4. The van der Waals surface area contributed by atoms with Crippen molar-refractivity contribution < 1.29 is 9.59 Å². The van der Waals surface area contributed by atoms with E-state index in [2.05, 4.69) is 36.6 Å². The molecule has 0 atom stereocenters. The molecule has 0 radical (unpaired) electrons. The highest BCUT2D eigenvalue weighted by Gasteiger charge is 2.02. The number of allylic oxidation sites excluding steroid dienone is 2. The molecule has 0 aromatic heterocycles. The zero-order valence-electron chi connectivity index (χ0n) is 18.4. The van der Waals surface area contributed by atoms with Crippen molar-refractivity contribution in [1.82, 2.24) is 10.6 Å². The molecule has 4 heteroatoms. The average molecular weight is 393 g/mol. The molecule has 0 bridgehead atoms. The fourth-order valence-corrected chi connectivity index (χ4v) is 2.87. The van der Waals surface area contributed by atoms with E-state index in [1.807, 2.05) is 12.2 Å². The van der Waals surface area contributed by atoms with Crippen LogP contribution in [0, 0.1) is 0 Å². The number of nitrogens with one attached hydrogen (secondary N) is 2. The molecule has 0 spiro atoms. The lowest BCUT2D eigenvalue weighted by molar-refractivity contribution is -0.122. The number of amides is 2. The number of carbonyl (C=O) groups excluding carboxylic acids is 2. The molecule has 0 unspecified atom stereocenters. The van der Waals surface area contributed by atoms with Gasteiger partial charge in [0, 0.05) is 25.9 Å². The fraction of sp³-hybridized carbons (Fsp3) is 0.750. The molecule has 4 nitrogen and oxygen atoms in total. The summed E-state index contributed by atoms with van der Waals surface area (Å²) in [4.78, 5) is 23.5. The third-order valence-electron chi connectivity index (χ3n) is 4.67. The maximum absolute atomic E-state index is 11.7. The smallest absolute Gasteiger partial charge is 0.220 e. The van der Waals surface area contributed by atoms with Crippen LogP contribution in [0.1, 0.15) is 104 Å². The largest absolute Gasteiger partial charge is 0.353 e. The lowest BCUT2D eigenvalue weighted by Crippen LogP contribution is -2.24. The summed E-state index contributed by atoms with van der Waals surface area (Å²) in [7, 11) is 0. The summed E-state index contributed by atoms with van der Waals surface area (Å²) in [6.45, 7) is 5.65. The first-order valence-corrected chi connectivity index (χ1v) is 11.5. The van der Waals surface area contributed by atoms with Crippen LogP contribution in [0.4, 0.5) is 0 Å². The van der Waals surface area contributed by atoms with Crippen LogP contribution in [0.15, 0.2) is 24.3 Å². The van der Waals surface area contributed by atoms with E-state index in [1.165, 1.54) is 51.4 Å². The van der Waals surface area contributed by atoms with Crippen molar-refractivity contribution in [3.8, 4) is 0 Å². The van der Waals surface area contributed by atoms with Crippen LogP contribution in [-0.4, -0.2) is 24.9 Å². The molecule has 0 aliphatic rings. The van der Waals surface area contributed by atoms with Gasteiger partial charge in [-0.1, -0.05) is 76.7 Å². The highest BCUT2D eigenvalue weighted by molar-refractivity contribution is 5.77. The molecule has 0 aliphatic heterocycles. The van der Waals surface area contributed by atoms with Gasteiger partial charge in [-0.15, -0.1) is 0 Å². The van der Waals surface area contributed by atoms with Crippen molar-refractivity contribution in [2.75, 3.05) is 13.1 Å². The molecule has 0 aromatic carbocycles. The summed E-state index contributed by atoms with van der Waals surface area (Å²) in [6.07, 6.45) is 23.2. The van der Waals surface area contributed by atoms with Crippen LogP contribution in [0.3, 0.4) is 0 Å². The first-order valence-electron chi connectivity index (χ1n) is 11.5. The monoisotopic (exact) mass is 392 g/mol. The van der Waals surface area contributed by atoms with Gasteiger partial charge in [-0.2, -0.15) is 0 Å². The Balaban J connectivity index is 3.45. The molecule has 28 heavy (non-hydrogen) atoms. The Labute approximate surface area is 173 Å². The van der Waals surface area contributed by atoms with Gasteiger partial charge in [0.1, 0.15) is 0 Å². The van der Waals surface area contributed by atoms with Gasteiger partial charge < -0.3 is 10.6 Å². The van der Waals surface area contributed by atoms with Gasteiger partial charge in [0.25, 0.3) is 0 Å². The van der Waals surface area contributed by atoms with E-state index in [-0.39, 0.29) is 11.8 Å². The third-order valence-corrected chi connectivity index (χ3v) is 4.67. The molecule has 0 saturated carbocycles. The van der Waals surface area contributed by atoms with Crippen LogP contribution >= 0.6 is 0 Å². The van der Waals surface area contributed by atoms with E-state index in [1.54, 1.807) is 0 Å². The second-order valence-electron chi connectivity index (χ2n) is 7.46. The molecular weight excluding hydrogens is 348 g/mol. The predicted molar refractivity (Wildman–Crippen MR) is 120 cm³/mol. The van der Waals surface area contributed by atoms with Gasteiger partial charge in [0.15, 0.2) is 0 Å². The van der Waals surface area contributed by atoms with Crippen LogP contribution in [0.2, 0.25) is 0 Å². The Hall–Kier alpha value is -1.58. The van der Waals surface area contributed by atoms with E-state index < -0.39 is 0 Å². The molecule has 0 rings (SSSR count). The minimum absolute atomic E-state index is 0.0713. The van der Waals surface area contributed by atoms with E-state index in [9.17, 15) is 9.59 Å². The Morgan fingerprint density at radius 1 is 0.571 bits per heavy atom. The van der Waals surface area contributed by atoms with E-state index >= 15 is 0 Å². The maximum Gasteiger partial charge on any atom is 0.220 e. The molecular formula is C24H44N2O2. The minimum atomic E-state index is 0.0713. The second-order valence-corrected chi connectivity index (χ2v) is 7.46. The SMILES string of the molecule is CCCCCC/C=C/CNC(=O)CCCCC(=O)NC/C=C/CCCCCC. The summed E-state index contributed by atoms with van der Waals surface area (Å²) in [6, 6.07) is 0. The lowest BCUT2D eigenvalue weighted by Gasteiger charge is -2.04. The van der Waals surface area contributed by atoms with Gasteiger partial charge in [-0.25, -0.2) is 0 Å². The topological polar surface area (TPSA) is 58.2 Å². The van der Waals surface area contributed by atoms with Crippen molar-refractivity contribution >= 4 is 11.8 Å². The highest BCUT2D eigenvalue weighted by atomic mass is 16.2. The quantitative estimate of drug-likeness (QED) is 0.214. The van der Waals surface area contributed by atoms with E-state index in [0.29, 0.717) is 25.9 Å². The van der Waals surface area contributed by atoms with Gasteiger partial charge in [-0.05, 0) is 38.5 Å². The summed E-state index contributed by atoms with van der Waals surface area (Å²) in [5, 5.41) is 5.81. The molecule has 2 N–H and O–H groups in total. The van der Waals surface area contributed by atoms with Crippen molar-refractivity contribution in [1.29, 1.82) is 0 Å². The molecule has 0 heterocycles. The maximum atomic E-state index is 11.7. The van der Waals surface area contributed by atoms with E-state index in [0.717, 1.165) is 25.7 Å². The zero-order chi connectivity index (χ0) is 20.7. The van der Waals surface area contributed by atoms with E-state index in [4.69, 9.17) is 0 Å². The minimum Gasteiger partial charge on any atom is -0.353 e. The van der Waals surface area contributed by atoms with Crippen LogP contribution in [-0.2, 0) is 9.59 Å². The van der Waals surface area contributed by atoms with Crippen molar-refractivity contribution in [2.24, 2.45) is 0 Å². The summed E-state index contributed by atoms with van der Waals surface area (Å²) >= 11 is 0. The van der Waals surface area contributed by atoms with Crippen molar-refractivity contribution in [3.05, 3.63) is 24.3 Å². The van der Waals surface area contributed by atoms with Crippen LogP contribution < -0.4 is 10.6 Å². The number of hydrogen-bond acceptors (Lipinski definition) is 2. The molecule has 0 aliphatic carbocycles. The number of unbranched alkanes of at least 4 members (excludes halogenated alkanes) is 9. The van der Waals surface area contributed by atoms with Crippen LogP contribution in [0.5, 0.6) is 0 Å². The zero-order valence-corrected chi connectivity index (χ0v) is 18.4. The molecule has 0 saturated heterocycles. The number of rotatable bonds is 19. The predicted octanol–water partition coefficient (Wildman–Crippen LogP) is 5.83. The molecule has 0 fully saturated rings. The van der Waals surface area contributed by atoms with Gasteiger partial charge in [0.05, 0.1) is 0 Å². The third kappa shape index (κ3) is 20.7. The Kier molecular flexibility index (Phi) is 20.5. The Bertz CT molecular complexity index is 390. The number of carbonyl (C=O) groups is 2. The fourth-order valence-electron chi connectivity index (χ4n) is 2.87. The van der Waals surface area contributed by atoms with Crippen molar-refractivity contribution in [3.63, 3.8) is 0 Å². The summed E-state index contributed by atoms with van der Waals surface area (Å²) < 4.78 is 0. The molecule has 2 amide bonds.